The van der Waals surface area contributed by atoms with E-state index < -0.39 is 11.9 Å². The Balaban J connectivity index is 2.83. The molecule has 0 amide bonds. The van der Waals surface area contributed by atoms with Crippen LogP contribution in [0.5, 0.6) is 0 Å². The number of aldehydes is 1. The highest BCUT2D eigenvalue weighted by molar-refractivity contribution is 5.82. The summed E-state index contributed by atoms with van der Waals surface area (Å²) in [5.41, 5.74) is 0. The third kappa shape index (κ3) is 15.6. The molecular formula is C23H42N4O8. The summed E-state index contributed by atoms with van der Waals surface area (Å²) in [6, 6.07) is 0. The monoisotopic (exact) mass is 502 g/mol. The molecule has 0 atom stereocenters. The molecule has 0 unspecified atom stereocenters. The van der Waals surface area contributed by atoms with Crippen LogP contribution in [0.3, 0.4) is 0 Å². The van der Waals surface area contributed by atoms with Gasteiger partial charge in [-0.05, 0) is 0 Å². The lowest BCUT2D eigenvalue weighted by Gasteiger charge is -2.28. The molecule has 0 aromatic carbocycles. The van der Waals surface area contributed by atoms with Gasteiger partial charge in [-0.1, -0.05) is 13.8 Å². The molecule has 202 valence electrons. The number of aliphatic carboxylic acids is 2. The second kappa shape index (κ2) is 18.3. The van der Waals surface area contributed by atoms with E-state index in [9.17, 15) is 29.4 Å². The summed E-state index contributed by atoms with van der Waals surface area (Å²) < 4.78 is 11.4. The van der Waals surface area contributed by atoms with Crippen molar-refractivity contribution in [2.24, 2.45) is 5.92 Å². The third-order valence-corrected chi connectivity index (χ3v) is 5.75. The first-order valence-corrected chi connectivity index (χ1v) is 12.2. The molecule has 2 N–H and O–H groups in total. The maximum absolute atomic E-state index is 12.3. The SMILES string of the molecule is CC(C)C(=O)CN1CCOCCN(CC=O)CCN(CC(=O)O)CCOCCN(CC(=O)O)CC1. The number of carboxylic acids is 2. The Morgan fingerprint density at radius 1 is 0.686 bits per heavy atom. The molecule has 0 aromatic rings. The van der Waals surface area contributed by atoms with Crippen molar-refractivity contribution in [2.75, 3.05) is 105 Å². The lowest BCUT2D eigenvalue weighted by molar-refractivity contribution is -0.139. The van der Waals surface area contributed by atoms with Gasteiger partial charge in [-0.2, -0.15) is 0 Å². The maximum Gasteiger partial charge on any atom is 0.317 e. The molecule has 0 radical (unpaired) electrons. The van der Waals surface area contributed by atoms with Crippen LogP contribution in [-0.2, 0) is 28.7 Å². The smallest absolute Gasteiger partial charge is 0.317 e. The summed E-state index contributed by atoms with van der Waals surface area (Å²) in [5.74, 6) is -1.85. The van der Waals surface area contributed by atoms with Crippen molar-refractivity contribution < 1.29 is 38.9 Å². The number of Topliss-reactive ketones (excluding diaryl/α,β-unsaturated/α-hetero) is 1. The van der Waals surface area contributed by atoms with Crippen LogP contribution in [-0.4, -0.2) is 159 Å². The van der Waals surface area contributed by atoms with Crippen molar-refractivity contribution in [3.8, 4) is 0 Å². The number of carboxylic acid groups (broad SMARTS) is 2. The fraction of sp³-hybridized carbons (Fsp3) is 0.826. The van der Waals surface area contributed by atoms with Gasteiger partial charge in [-0.25, -0.2) is 0 Å². The number of rotatable bonds is 9. The summed E-state index contributed by atoms with van der Waals surface area (Å²) in [4.78, 5) is 53.3. The molecule has 1 fully saturated rings. The molecule has 1 rings (SSSR count). The van der Waals surface area contributed by atoms with Gasteiger partial charge in [0.15, 0.2) is 0 Å². The van der Waals surface area contributed by atoms with Crippen molar-refractivity contribution in [1.82, 2.24) is 19.6 Å². The van der Waals surface area contributed by atoms with E-state index in [0.717, 1.165) is 6.29 Å². The summed E-state index contributed by atoms with van der Waals surface area (Å²) >= 11 is 0. The predicted octanol–water partition coefficient (Wildman–Crippen LogP) is -1.17. The number of hydrogen-bond donors (Lipinski definition) is 2. The minimum atomic E-state index is -0.939. The van der Waals surface area contributed by atoms with Crippen LogP contribution in [0.1, 0.15) is 13.8 Å². The number of carbonyl (C=O) groups excluding carboxylic acids is 2. The minimum Gasteiger partial charge on any atom is -0.480 e. The molecule has 12 heteroatoms. The Morgan fingerprint density at radius 2 is 1.06 bits per heavy atom. The quantitative estimate of drug-likeness (QED) is 0.367. The largest absolute Gasteiger partial charge is 0.480 e. The van der Waals surface area contributed by atoms with Crippen LogP contribution in [0, 0.1) is 5.92 Å². The van der Waals surface area contributed by atoms with Crippen LogP contribution < -0.4 is 0 Å². The minimum absolute atomic E-state index is 0.0925. The third-order valence-electron chi connectivity index (χ3n) is 5.75. The lowest BCUT2D eigenvalue weighted by Crippen LogP contribution is -2.43. The number of ketones is 1. The zero-order valence-electron chi connectivity index (χ0n) is 21.1. The standard InChI is InChI=1S/C23H42N4O8/c1-20(2)21(29)17-25-5-6-27(19-23(32)33)11-16-35-15-10-26(18-22(30)31)4-3-24(7-12-28)8-13-34-14-9-25/h12,20H,3-11,13-19H2,1-2H3,(H,30,31)(H,32,33). The van der Waals surface area contributed by atoms with Crippen molar-refractivity contribution in [2.45, 2.75) is 13.8 Å². The first kappa shape index (κ1) is 31.1. The van der Waals surface area contributed by atoms with Gasteiger partial charge in [0, 0.05) is 58.3 Å². The average Bonchev–Trinajstić information content (AvgIpc) is 2.78. The Hall–Kier alpha value is -1.96. The summed E-state index contributed by atoms with van der Waals surface area (Å²) in [7, 11) is 0. The lowest BCUT2D eigenvalue weighted by atomic mass is 10.1. The Kier molecular flexibility index (Phi) is 16.3. The van der Waals surface area contributed by atoms with Gasteiger partial charge in [0.1, 0.15) is 12.1 Å². The number of nitrogens with zero attached hydrogens (tertiary/aromatic N) is 4. The highest BCUT2D eigenvalue weighted by Crippen LogP contribution is 2.01. The Morgan fingerprint density at radius 3 is 1.43 bits per heavy atom. The second-order valence-electron chi connectivity index (χ2n) is 8.93. The highest BCUT2D eigenvalue weighted by Gasteiger charge is 2.17. The van der Waals surface area contributed by atoms with Crippen molar-refractivity contribution in [1.29, 1.82) is 0 Å². The Labute approximate surface area is 207 Å². The summed E-state index contributed by atoms with van der Waals surface area (Å²) in [5, 5.41) is 18.5. The fourth-order valence-corrected chi connectivity index (χ4v) is 3.54. The van der Waals surface area contributed by atoms with Crippen molar-refractivity contribution >= 4 is 24.0 Å². The van der Waals surface area contributed by atoms with Crippen molar-refractivity contribution in [3.05, 3.63) is 0 Å². The van der Waals surface area contributed by atoms with E-state index in [1.807, 2.05) is 23.6 Å². The van der Waals surface area contributed by atoms with Gasteiger partial charge in [-0.3, -0.25) is 34.0 Å². The van der Waals surface area contributed by atoms with E-state index in [2.05, 4.69) is 0 Å². The highest BCUT2D eigenvalue weighted by atomic mass is 16.5. The van der Waals surface area contributed by atoms with E-state index in [1.165, 1.54) is 0 Å². The topological polar surface area (TPSA) is 140 Å². The van der Waals surface area contributed by atoms with Gasteiger partial charge in [0.05, 0.1) is 52.6 Å². The van der Waals surface area contributed by atoms with E-state index >= 15 is 0 Å². The molecule has 1 heterocycles. The summed E-state index contributed by atoms with van der Waals surface area (Å²) in [6.45, 7) is 9.14. The first-order valence-electron chi connectivity index (χ1n) is 12.2. The van der Waals surface area contributed by atoms with E-state index in [0.29, 0.717) is 78.8 Å². The molecule has 0 aromatic heterocycles. The van der Waals surface area contributed by atoms with Crippen LogP contribution >= 0.6 is 0 Å². The van der Waals surface area contributed by atoms with Gasteiger partial charge in [-0.15, -0.1) is 0 Å². The molecule has 0 bridgehead atoms. The summed E-state index contributed by atoms with van der Waals surface area (Å²) in [6.07, 6.45) is 0.818. The first-order chi connectivity index (χ1) is 16.7. The van der Waals surface area contributed by atoms with E-state index in [-0.39, 0.29) is 37.9 Å². The normalized spacial score (nSPS) is 20.2. The average molecular weight is 503 g/mol. The zero-order chi connectivity index (χ0) is 26.1. The molecule has 1 aliphatic rings. The maximum atomic E-state index is 12.3. The number of ether oxygens (including phenoxy) is 2. The second-order valence-corrected chi connectivity index (χ2v) is 8.93. The van der Waals surface area contributed by atoms with Crippen LogP contribution in [0.4, 0.5) is 0 Å². The van der Waals surface area contributed by atoms with Gasteiger partial charge in [0.2, 0.25) is 0 Å². The number of carbonyl (C=O) groups is 4. The Bertz CT molecular complexity index is 649. The molecule has 0 saturated carbocycles. The fourth-order valence-electron chi connectivity index (χ4n) is 3.54. The number of hydrogen-bond acceptors (Lipinski definition) is 10. The molecule has 0 aliphatic carbocycles. The van der Waals surface area contributed by atoms with Gasteiger partial charge in [0.25, 0.3) is 0 Å². The van der Waals surface area contributed by atoms with E-state index in [1.54, 1.807) is 9.80 Å². The molecule has 0 spiro atoms. The van der Waals surface area contributed by atoms with Gasteiger partial charge >= 0.3 is 11.9 Å². The van der Waals surface area contributed by atoms with Crippen molar-refractivity contribution in [3.63, 3.8) is 0 Å². The van der Waals surface area contributed by atoms with Gasteiger partial charge < -0.3 is 24.5 Å². The zero-order valence-corrected chi connectivity index (χ0v) is 21.1. The van der Waals surface area contributed by atoms with E-state index in [4.69, 9.17) is 9.47 Å². The molecule has 1 aliphatic heterocycles. The molecule has 1 saturated heterocycles. The molecular weight excluding hydrogens is 460 g/mol. The predicted molar refractivity (Wildman–Crippen MR) is 129 cm³/mol. The molecule has 35 heavy (non-hydrogen) atoms. The molecule has 12 nitrogen and oxygen atoms in total. The van der Waals surface area contributed by atoms with Crippen LogP contribution in [0.25, 0.3) is 0 Å². The van der Waals surface area contributed by atoms with Crippen LogP contribution in [0.15, 0.2) is 0 Å². The van der Waals surface area contributed by atoms with Crippen LogP contribution in [0.2, 0.25) is 0 Å².